The Morgan fingerprint density at radius 2 is 1.69 bits per heavy atom. The highest BCUT2D eigenvalue weighted by molar-refractivity contribution is 7.92. The van der Waals surface area contributed by atoms with Crippen molar-refractivity contribution < 1.29 is 18.0 Å². The van der Waals surface area contributed by atoms with Crippen molar-refractivity contribution in [3.05, 3.63) is 62.6 Å². The predicted octanol–water partition coefficient (Wildman–Crippen LogP) is 5.05. The first-order chi connectivity index (χ1) is 16.2. The van der Waals surface area contributed by atoms with Gasteiger partial charge in [0.25, 0.3) is 0 Å². The summed E-state index contributed by atoms with van der Waals surface area (Å²) >= 11 is 18.6. The highest BCUT2D eigenvalue weighted by atomic mass is 35.5. The second-order valence-corrected chi connectivity index (χ2v) is 11.7. The summed E-state index contributed by atoms with van der Waals surface area (Å²) in [7, 11) is -3.85. The topological polar surface area (TPSA) is 86.8 Å². The molecule has 2 aromatic carbocycles. The molecule has 0 aliphatic heterocycles. The third-order valence-electron chi connectivity index (χ3n) is 5.30. The number of aryl methyl sites for hydroxylation is 1. The average molecular weight is 563 g/mol. The van der Waals surface area contributed by atoms with Gasteiger partial charge in [-0.15, -0.1) is 0 Å². The summed E-state index contributed by atoms with van der Waals surface area (Å²) in [5.74, 6) is -0.908. The molecule has 1 N–H and O–H groups in total. The lowest BCUT2D eigenvalue weighted by Crippen LogP contribution is -2.53. The molecule has 192 valence electrons. The number of sulfonamides is 1. The summed E-state index contributed by atoms with van der Waals surface area (Å²) < 4.78 is 26.3. The SMILES string of the molecule is CC[C@@H](C(=O)NC(C)C)N(Cc1ccc(Cl)cc1Cl)C(=O)CN(c1ccc(C)c(Cl)c1)S(C)(=O)=O. The molecule has 0 bridgehead atoms. The van der Waals surface area contributed by atoms with Crippen LogP contribution in [0.15, 0.2) is 36.4 Å². The highest BCUT2D eigenvalue weighted by Gasteiger charge is 2.32. The molecule has 0 spiro atoms. The summed E-state index contributed by atoms with van der Waals surface area (Å²) in [4.78, 5) is 28.0. The molecule has 2 amide bonds. The van der Waals surface area contributed by atoms with Crippen molar-refractivity contribution in [2.75, 3.05) is 17.1 Å². The van der Waals surface area contributed by atoms with E-state index in [2.05, 4.69) is 5.32 Å². The smallest absolute Gasteiger partial charge is 0.244 e. The molecule has 2 aromatic rings. The van der Waals surface area contributed by atoms with E-state index in [4.69, 9.17) is 34.8 Å². The summed E-state index contributed by atoms with van der Waals surface area (Å²) in [6, 6.07) is 8.62. The molecule has 0 aliphatic rings. The maximum atomic E-state index is 13.6. The lowest BCUT2D eigenvalue weighted by atomic mass is 10.1. The molecule has 0 saturated heterocycles. The molecule has 35 heavy (non-hydrogen) atoms. The number of carbonyl (C=O) groups is 2. The monoisotopic (exact) mass is 561 g/mol. The van der Waals surface area contributed by atoms with Gasteiger partial charge in [0.15, 0.2) is 0 Å². The van der Waals surface area contributed by atoms with Gasteiger partial charge in [0.2, 0.25) is 21.8 Å². The fourth-order valence-electron chi connectivity index (χ4n) is 3.48. The number of amides is 2. The van der Waals surface area contributed by atoms with Crippen LogP contribution in [0.1, 0.15) is 38.3 Å². The fourth-order valence-corrected chi connectivity index (χ4v) is 4.97. The van der Waals surface area contributed by atoms with Crippen molar-refractivity contribution in [3.63, 3.8) is 0 Å². The molecule has 0 radical (unpaired) electrons. The van der Waals surface area contributed by atoms with Crippen LogP contribution < -0.4 is 9.62 Å². The molecule has 0 unspecified atom stereocenters. The van der Waals surface area contributed by atoms with Crippen LogP contribution in [0.25, 0.3) is 0 Å². The van der Waals surface area contributed by atoms with Crippen LogP contribution in [-0.4, -0.2) is 50.0 Å². The molecule has 7 nitrogen and oxygen atoms in total. The number of nitrogens with zero attached hydrogens (tertiary/aromatic N) is 2. The van der Waals surface area contributed by atoms with E-state index >= 15 is 0 Å². The van der Waals surface area contributed by atoms with E-state index in [0.29, 0.717) is 27.1 Å². The van der Waals surface area contributed by atoms with Crippen LogP contribution in [0.2, 0.25) is 15.1 Å². The van der Waals surface area contributed by atoms with Crippen LogP contribution in [0.4, 0.5) is 5.69 Å². The quantitative estimate of drug-likeness (QED) is 0.439. The third kappa shape index (κ3) is 8.00. The summed E-state index contributed by atoms with van der Waals surface area (Å²) in [6.45, 7) is 6.68. The number of anilines is 1. The van der Waals surface area contributed by atoms with Gasteiger partial charge in [0, 0.05) is 27.7 Å². The average Bonchev–Trinajstić information content (AvgIpc) is 2.74. The number of hydrogen-bond acceptors (Lipinski definition) is 4. The van der Waals surface area contributed by atoms with Gasteiger partial charge in [0.05, 0.1) is 11.9 Å². The van der Waals surface area contributed by atoms with E-state index in [1.165, 1.54) is 11.0 Å². The Hall–Kier alpha value is -2.00. The Morgan fingerprint density at radius 1 is 1.03 bits per heavy atom. The van der Waals surface area contributed by atoms with Crippen LogP contribution in [-0.2, 0) is 26.2 Å². The molecule has 0 heterocycles. The Balaban J connectivity index is 2.50. The highest BCUT2D eigenvalue weighted by Crippen LogP contribution is 2.27. The Bertz CT molecular complexity index is 1190. The molecular formula is C24H30Cl3N3O4S. The van der Waals surface area contributed by atoms with Gasteiger partial charge in [-0.3, -0.25) is 13.9 Å². The fraction of sp³-hybridized carbons (Fsp3) is 0.417. The van der Waals surface area contributed by atoms with Crippen molar-refractivity contribution in [2.24, 2.45) is 0 Å². The van der Waals surface area contributed by atoms with E-state index in [0.717, 1.165) is 16.1 Å². The van der Waals surface area contributed by atoms with Crippen LogP contribution in [0, 0.1) is 6.92 Å². The zero-order chi connectivity index (χ0) is 26.5. The van der Waals surface area contributed by atoms with Crippen molar-refractivity contribution in [1.29, 1.82) is 0 Å². The summed E-state index contributed by atoms with van der Waals surface area (Å²) in [5, 5.41) is 3.97. The number of hydrogen-bond donors (Lipinski definition) is 1. The van der Waals surface area contributed by atoms with E-state index < -0.39 is 28.5 Å². The lowest BCUT2D eigenvalue weighted by Gasteiger charge is -2.33. The number of carbonyl (C=O) groups excluding carboxylic acids is 2. The first-order valence-corrected chi connectivity index (χ1v) is 14.0. The summed E-state index contributed by atoms with van der Waals surface area (Å²) in [5.41, 5.74) is 1.59. The van der Waals surface area contributed by atoms with Gasteiger partial charge in [0.1, 0.15) is 12.6 Å². The predicted molar refractivity (Wildman–Crippen MR) is 143 cm³/mol. The standard InChI is InChI=1S/C24H30Cl3N3O4S/c1-6-22(24(32)28-15(2)3)29(13-17-8-9-18(25)11-21(17)27)23(31)14-30(35(5,33)34)19-10-7-16(4)20(26)12-19/h7-12,15,22H,6,13-14H2,1-5H3,(H,28,32)/t22-/m0/s1. The second-order valence-electron chi connectivity index (χ2n) is 8.55. The van der Waals surface area contributed by atoms with Crippen LogP contribution in [0.5, 0.6) is 0 Å². The van der Waals surface area contributed by atoms with Gasteiger partial charge in [-0.2, -0.15) is 0 Å². The molecule has 11 heteroatoms. The number of halogens is 3. The van der Waals surface area contributed by atoms with Crippen molar-refractivity contribution >= 4 is 62.3 Å². The van der Waals surface area contributed by atoms with Crippen LogP contribution in [0.3, 0.4) is 0 Å². The first-order valence-electron chi connectivity index (χ1n) is 11.0. The minimum absolute atomic E-state index is 0.00882. The maximum absolute atomic E-state index is 13.6. The number of benzene rings is 2. The normalized spacial score (nSPS) is 12.4. The molecule has 0 saturated carbocycles. The molecular weight excluding hydrogens is 533 g/mol. The molecule has 0 aliphatic carbocycles. The van der Waals surface area contributed by atoms with Gasteiger partial charge >= 0.3 is 0 Å². The molecule has 0 aromatic heterocycles. The summed E-state index contributed by atoms with van der Waals surface area (Å²) in [6.07, 6.45) is 1.32. The van der Waals surface area contributed by atoms with Crippen LogP contribution >= 0.6 is 34.8 Å². The number of rotatable bonds is 10. The van der Waals surface area contributed by atoms with E-state index in [-0.39, 0.29) is 24.2 Å². The van der Waals surface area contributed by atoms with Crippen molar-refractivity contribution in [2.45, 2.75) is 52.7 Å². The van der Waals surface area contributed by atoms with Gasteiger partial charge in [-0.05, 0) is 62.6 Å². The van der Waals surface area contributed by atoms with Crippen molar-refractivity contribution in [1.82, 2.24) is 10.2 Å². The molecule has 2 rings (SSSR count). The Labute approximate surface area is 222 Å². The van der Waals surface area contributed by atoms with Gasteiger partial charge < -0.3 is 10.2 Å². The zero-order valence-corrected chi connectivity index (χ0v) is 23.4. The Morgan fingerprint density at radius 3 is 2.20 bits per heavy atom. The van der Waals surface area contributed by atoms with E-state index in [1.807, 2.05) is 13.8 Å². The largest absolute Gasteiger partial charge is 0.352 e. The first kappa shape index (κ1) is 29.2. The lowest BCUT2D eigenvalue weighted by molar-refractivity contribution is -0.140. The maximum Gasteiger partial charge on any atom is 0.244 e. The van der Waals surface area contributed by atoms with Crippen molar-refractivity contribution in [3.8, 4) is 0 Å². The molecule has 1 atom stereocenters. The minimum atomic E-state index is -3.85. The zero-order valence-electron chi connectivity index (χ0n) is 20.3. The minimum Gasteiger partial charge on any atom is -0.352 e. The van der Waals surface area contributed by atoms with Gasteiger partial charge in [-0.1, -0.05) is 53.9 Å². The van der Waals surface area contributed by atoms with Gasteiger partial charge in [-0.25, -0.2) is 8.42 Å². The Kier molecular flexibility index (Phi) is 10.3. The molecule has 0 fully saturated rings. The number of nitrogens with one attached hydrogen (secondary N) is 1. The second kappa shape index (κ2) is 12.3. The van der Waals surface area contributed by atoms with E-state index in [9.17, 15) is 18.0 Å². The third-order valence-corrected chi connectivity index (χ3v) is 7.43. The van der Waals surface area contributed by atoms with E-state index in [1.54, 1.807) is 44.2 Å².